The van der Waals surface area contributed by atoms with Gasteiger partial charge in [0.25, 0.3) is 0 Å². The third-order valence-corrected chi connectivity index (χ3v) is 6.56. The zero-order chi connectivity index (χ0) is 29.2. The summed E-state index contributed by atoms with van der Waals surface area (Å²) >= 11 is 0.906. The molecule has 216 valence electrons. The molecule has 5 atom stereocenters. The Morgan fingerprint density at radius 2 is 1.16 bits per heavy atom. The Morgan fingerprint density at radius 1 is 0.711 bits per heavy atom. The van der Waals surface area contributed by atoms with Crippen LogP contribution in [0.2, 0.25) is 0 Å². The fraction of sp³-hybridized carbons (Fsp3) is 0.750. The van der Waals surface area contributed by atoms with E-state index in [-0.39, 0.29) is 13.2 Å². The summed E-state index contributed by atoms with van der Waals surface area (Å²) in [4.78, 5) is 73.0. The predicted molar refractivity (Wildman–Crippen MR) is 130 cm³/mol. The Bertz CT molecular complexity index is 869. The second kappa shape index (κ2) is 14.9. The molecule has 0 radical (unpaired) electrons. The molecular weight excluding hydrogens is 528 g/mol. The summed E-state index contributed by atoms with van der Waals surface area (Å²) in [5.41, 5.74) is -1.20. The first-order valence-electron chi connectivity index (χ1n) is 12.0. The fourth-order valence-electron chi connectivity index (χ4n) is 3.77. The molecule has 0 N–H and O–H groups in total. The van der Waals surface area contributed by atoms with Crippen molar-refractivity contribution in [3.63, 3.8) is 0 Å². The number of rotatable bonds is 12. The number of esters is 6. The van der Waals surface area contributed by atoms with Gasteiger partial charge in [-0.25, -0.2) is 0 Å². The van der Waals surface area contributed by atoms with Crippen molar-refractivity contribution in [3.05, 3.63) is 0 Å². The van der Waals surface area contributed by atoms with Gasteiger partial charge in [-0.15, -0.1) is 11.8 Å². The van der Waals surface area contributed by atoms with Crippen molar-refractivity contribution < 1.29 is 61.9 Å². The van der Waals surface area contributed by atoms with Gasteiger partial charge in [-0.05, 0) is 27.7 Å². The van der Waals surface area contributed by atoms with Crippen molar-refractivity contribution in [1.82, 2.24) is 0 Å². The van der Waals surface area contributed by atoms with Gasteiger partial charge in [-0.3, -0.25) is 28.8 Å². The van der Waals surface area contributed by atoms with E-state index < -0.39 is 82.9 Å². The van der Waals surface area contributed by atoms with Gasteiger partial charge in [0.1, 0.15) is 18.1 Å². The molecule has 1 aliphatic rings. The van der Waals surface area contributed by atoms with Gasteiger partial charge in [-0.2, -0.15) is 0 Å². The average Bonchev–Trinajstić information content (AvgIpc) is 2.75. The quantitative estimate of drug-likeness (QED) is 0.189. The highest BCUT2D eigenvalue weighted by Crippen LogP contribution is 2.43. The minimum atomic E-state index is -1.42. The molecule has 0 aliphatic carbocycles. The average molecular weight is 565 g/mol. The third-order valence-electron chi connectivity index (χ3n) is 5.11. The number of thioether (sulfide) groups is 1. The van der Waals surface area contributed by atoms with E-state index in [9.17, 15) is 28.8 Å². The van der Waals surface area contributed by atoms with Gasteiger partial charge in [0.15, 0.2) is 24.2 Å². The first-order chi connectivity index (χ1) is 17.6. The lowest BCUT2D eigenvalue weighted by atomic mass is 9.95. The normalized spacial score (nSPS) is 23.1. The fourth-order valence-corrected chi connectivity index (χ4v) is 5.24. The number of carbonyl (C=O) groups excluding carboxylic acids is 6. The van der Waals surface area contributed by atoms with Crippen LogP contribution in [0, 0.1) is 5.92 Å². The smallest absolute Gasteiger partial charge is 0.321 e. The highest BCUT2D eigenvalue weighted by Gasteiger charge is 2.55. The SMILES string of the molecule is CCOC(=O)C(C(=O)OCC)C(C)(C)S[C@@H]1O[C@H](COC(C)=O)[C@@H](OC(C)=O)[C@H](OC(C)=O)[C@H]1OC(C)=O. The number of carbonyl (C=O) groups is 6. The Morgan fingerprint density at radius 3 is 1.58 bits per heavy atom. The minimum absolute atomic E-state index is 0.00847. The van der Waals surface area contributed by atoms with Crippen LogP contribution in [-0.4, -0.2) is 90.2 Å². The molecule has 1 fully saturated rings. The van der Waals surface area contributed by atoms with Crippen LogP contribution in [-0.2, 0) is 61.9 Å². The number of hydrogen-bond acceptors (Lipinski definition) is 14. The molecule has 1 rings (SSSR count). The number of hydrogen-bond donors (Lipinski definition) is 0. The van der Waals surface area contributed by atoms with Crippen LogP contribution in [0.3, 0.4) is 0 Å². The maximum absolute atomic E-state index is 12.8. The van der Waals surface area contributed by atoms with Crippen molar-refractivity contribution >= 4 is 47.6 Å². The molecule has 1 heterocycles. The van der Waals surface area contributed by atoms with E-state index in [1.54, 1.807) is 27.7 Å². The lowest BCUT2D eigenvalue weighted by Gasteiger charge is -2.46. The minimum Gasteiger partial charge on any atom is -0.465 e. The third kappa shape index (κ3) is 9.78. The summed E-state index contributed by atoms with van der Waals surface area (Å²) in [5, 5.41) is 0. The van der Waals surface area contributed by atoms with Crippen LogP contribution < -0.4 is 0 Å². The van der Waals surface area contributed by atoms with E-state index in [1.165, 1.54) is 0 Å². The van der Waals surface area contributed by atoms with Crippen LogP contribution in [0.4, 0.5) is 0 Å². The second-order valence-corrected chi connectivity index (χ2v) is 10.5. The van der Waals surface area contributed by atoms with Crippen molar-refractivity contribution in [2.45, 2.75) is 90.0 Å². The largest absolute Gasteiger partial charge is 0.465 e. The monoisotopic (exact) mass is 564 g/mol. The van der Waals surface area contributed by atoms with Gasteiger partial charge in [0.05, 0.1) is 13.2 Å². The zero-order valence-electron chi connectivity index (χ0n) is 22.8. The maximum atomic E-state index is 12.8. The Hall–Kier alpha value is -2.87. The molecule has 0 saturated carbocycles. The van der Waals surface area contributed by atoms with Crippen molar-refractivity contribution in [2.75, 3.05) is 19.8 Å². The molecule has 14 heteroatoms. The van der Waals surface area contributed by atoms with E-state index in [0.29, 0.717) is 0 Å². The summed E-state index contributed by atoms with van der Waals surface area (Å²) in [5.74, 6) is -6.07. The van der Waals surface area contributed by atoms with Crippen LogP contribution in [0.5, 0.6) is 0 Å². The lowest BCUT2D eigenvalue weighted by molar-refractivity contribution is -0.237. The molecule has 38 heavy (non-hydrogen) atoms. The summed E-state index contributed by atoms with van der Waals surface area (Å²) in [6, 6.07) is 0. The van der Waals surface area contributed by atoms with Crippen molar-refractivity contribution in [2.24, 2.45) is 5.92 Å². The van der Waals surface area contributed by atoms with Crippen molar-refractivity contribution in [1.29, 1.82) is 0 Å². The Kier molecular flexibility index (Phi) is 13.0. The Labute approximate surface area is 225 Å². The van der Waals surface area contributed by atoms with Gasteiger partial charge in [-0.1, -0.05) is 0 Å². The van der Waals surface area contributed by atoms with Crippen LogP contribution in [0.25, 0.3) is 0 Å². The topological polar surface area (TPSA) is 167 Å². The molecule has 1 aliphatic heterocycles. The van der Waals surface area contributed by atoms with Gasteiger partial charge < -0.3 is 33.2 Å². The lowest BCUT2D eigenvalue weighted by Crippen LogP contribution is -2.62. The summed E-state index contributed by atoms with van der Waals surface area (Å²) in [6.45, 7) is 10.4. The zero-order valence-corrected chi connectivity index (χ0v) is 23.6. The van der Waals surface area contributed by atoms with E-state index in [1.807, 2.05) is 0 Å². The molecule has 0 aromatic carbocycles. The highest BCUT2D eigenvalue weighted by molar-refractivity contribution is 8.01. The van der Waals surface area contributed by atoms with Gasteiger partial charge >= 0.3 is 35.8 Å². The number of ether oxygens (including phenoxy) is 7. The summed E-state index contributed by atoms with van der Waals surface area (Å²) in [6.07, 6.45) is -5.24. The molecule has 13 nitrogen and oxygen atoms in total. The first kappa shape index (κ1) is 33.2. The van der Waals surface area contributed by atoms with Crippen molar-refractivity contribution in [3.8, 4) is 0 Å². The molecule has 0 aromatic heterocycles. The van der Waals surface area contributed by atoms with E-state index in [2.05, 4.69) is 0 Å². The van der Waals surface area contributed by atoms with Crippen LogP contribution in [0.15, 0.2) is 0 Å². The molecule has 0 spiro atoms. The molecule has 0 amide bonds. The highest BCUT2D eigenvalue weighted by atomic mass is 32.2. The summed E-state index contributed by atoms with van der Waals surface area (Å²) < 4.78 is 36.3. The molecule has 0 unspecified atom stereocenters. The van der Waals surface area contributed by atoms with E-state index in [4.69, 9.17) is 33.2 Å². The van der Waals surface area contributed by atoms with Crippen LogP contribution >= 0.6 is 11.8 Å². The second-order valence-electron chi connectivity index (χ2n) is 8.73. The molecular formula is C24H36O13S. The summed E-state index contributed by atoms with van der Waals surface area (Å²) in [7, 11) is 0. The molecule has 1 saturated heterocycles. The predicted octanol–water partition coefficient (Wildman–Crippen LogP) is 1.32. The van der Waals surface area contributed by atoms with Crippen LogP contribution in [0.1, 0.15) is 55.4 Å². The first-order valence-corrected chi connectivity index (χ1v) is 12.8. The van der Waals surface area contributed by atoms with Gasteiger partial charge in [0, 0.05) is 32.4 Å². The maximum Gasteiger partial charge on any atom is 0.321 e. The standard InChI is InChI=1S/C24H36O13S/c1-9-31-21(29)17(22(30)32-10-2)24(7,8)38-23-20(36-15(6)28)19(35-14(5)27)18(34-13(4)26)16(37-23)11-33-12(3)25/h16-20,23H,9-11H2,1-8H3/t16-,18-,19+,20-,23+/m1/s1. The van der Waals surface area contributed by atoms with E-state index >= 15 is 0 Å². The van der Waals surface area contributed by atoms with Gasteiger partial charge in [0.2, 0.25) is 0 Å². The molecule has 0 bridgehead atoms. The Balaban J connectivity index is 3.58. The van der Waals surface area contributed by atoms with E-state index in [0.717, 1.165) is 39.5 Å². The molecule has 0 aromatic rings.